The van der Waals surface area contributed by atoms with Gasteiger partial charge in [0.15, 0.2) is 12.4 Å². The molecule has 4 aromatic rings. The highest BCUT2D eigenvalue weighted by Gasteiger charge is 2.13. The number of H-pyrrole nitrogens is 1. The summed E-state index contributed by atoms with van der Waals surface area (Å²) in [6.45, 7) is 0.302. The van der Waals surface area contributed by atoms with Gasteiger partial charge >= 0.3 is 0 Å². The number of pyridine rings is 1. The Morgan fingerprint density at radius 3 is 2.54 bits per heavy atom. The van der Waals surface area contributed by atoms with Crippen molar-refractivity contribution < 1.29 is 9.36 Å². The van der Waals surface area contributed by atoms with E-state index in [4.69, 9.17) is 11.6 Å². The molecule has 0 aliphatic carbocycles. The minimum atomic E-state index is 0.0612. The molecule has 0 saturated carbocycles. The van der Waals surface area contributed by atoms with Gasteiger partial charge in [-0.2, -0.15) is 4.57 Å². The number of fused-ring (bicyclic) bond motifs is 1. The summed E-state index contributed by atoms with van der Waals surface area (Å²) >= 11 is 5.88. The second kappa shape index (κ2) is 7.14. The second-order valence-electron chi connectivity index (χ2n) is 6.37. The maximum atomic E-state index is 12.4. The van der Waals surface area contributed by atoms with Crippen LogP contribution in [0.2, 0.25) is 5.02 Å². The van der Waals surface area contributed by atoms with Gasteiger partial charge in [0.1, 0.15) is 0 Å². The summed E-state index contributed by atoms with van der Waals surface area (Å²) < 4.78 is 1.92. The highest BCUT2D eigenvalue weighted by Crippen LogP contribution is 2.16. The fourth-order valence-corrected chi connectivity index (χ4v) is 3.21. The smallest absolute Gasteiger partial charge is 0.227 e. The molecule has 0 aliphatic rings. The van der Waals surface area contributed by atoms with Crippen molar-refractivity contribution in [3.63, 3.8) is 0 Å². The molecule has 0 saturated heterocycles. The predicted molar refractivity (Wildman–Crippen MR) is 104 cm³/mol. The van der Waals surface area contributed by atoms with Gasteiger partial charge in [0.2, 0.25) is 12.3 Å². The first kappa shape index (κ1) is 16.6. The molecule has 0 radical (unpaired) electrons. The van der Waals surface area contributed by atoms with E-state index in [0.29, 0.717) is 17.1 Å². The highest BCUT2D eigenvalue weighted by atomic mass is 35.5. The van der Waals surface area contributed by atoms with Crippen LogP contribution in [-0.2, 0) is 13.0 Å². The summed E-state index contributed by atoms with van der Waals surface area (Å²) in [6, 6.07) is 21.5. The summed E-state index contributed by atoms with van der Waals surface area (Å²) in [7, 11) is 0. The van der Waals surface area contributed by atoms with Crippen LogP contribution < -0.4 is 4.57 Å². The lowest BCUT2D eigenvalue weighted by molar-refractivity contribution is -0.681. The molecule has 0 unspecified atom stereocenters. The Bertz CT molecular complexity index is 1050. The van der Waals surface area contributed by atoms with Crippen molar-refractivity contribution in [2.45, 2.75) is 13.0 Å². The van der Waals surface area contributed by atoms with E-state index in [2.05, 4.69) is 23.2 Å². The molecule has 0 fully saturated rings. The summed E-state index contributed by atoms with van der Waals surface area (Å²) in [5.74, 6) is 0.0612. The fourth-order valence-electron chi connectivity index (χ4n) is 3.09. The van der Waals surface area contributed by atoms with Gasteiger partial charge in [-0.05, 0) is 35.9 Å². The minimum absolute atomic E-state index is 0.0612. The lowest BCUT2D eigenvalue weighted by atomic mass is 10.1. The Morgan fingerprint density at radius 1 is 1.00 bits per heavy atom. The summed E-state index contributed by atoms with van der Waals surface area (Å²) in [5, 5.41) is 1.73. The normalized spacial score (nSPS) is 11.0. The van der Waals surface area contributed by atoms with Crippen molar-refractivity contribution in [2.75, 3.05) is 0 Å². The first-order valence-electron chi connectivity index (χ1n) is 8.51. The molecular weight excluding hydrogens is 344 g/mol. The van der Waals surface area contributed by atoms with Crippen molar-refractivity contribution in [2.24, 2.45) is 0 Å². The first-order valence-corrected chi connectivity index (χ1v) is 8.88. The molecule has 4 heteroatoms. The van der Waals surface area contributed by atoms with Gasteiger partial charge in [0.25, 0.3) is 0 Å². The lowest BCUT2D eigenvalue weighted by Gasteiger charge is -1.99. The number of carbonyl (C=O) groups excluding carboxylic acids is 1. The topological polar surface area (TPSA) is 36.7 Å². The van der Waals surface area contributed by atoms with Crippen LogP contribution in [0.5, 0.6) is 0 Å². The Kier molecular flexibility index (Phi) is 4.55. The van der Waals surface area contributed by atoms with Gasteiger partial charge in [-0.25, -0.2) is 0 Å². The number of benzene rings is 2. The number of halogens is 1. The van der Waals surface area contributed by atoms with E-state index in [0.717, 1.165) is 23.0 Å². The summed E-state index contributed by atoms with van der Waals surface area (Å²) in [6.07, 6.45) is 4.80. The van der Waals surface area contributed by atoms with Crippen molar-refractivity contribution in [3.05, 3.63) is 101 Å². The van der Waals surface area contributed by atoms with E-state index < -0.39 is 0 Å². The molecule has 1 N–H and O–H groups in total. The Balaban J connectivity index is 1.53. The third-order valence-electron chi connectivity index (χ3n) is 4.40. The number of Topliss-reactive ketones (excluding diaryl/α,β-unsaturated/α-hetero) is 1. The molecule has 26 heavy (non-hydrogen) atoms. The first-order chi connectivity index (χ1) is 12.7. The zero-order valence-electron chi connectivity index (χ0n) is 14.2. The van der Waals surface area contributed by atoms with Crippen LogP contribution in [0, 0.1) is 0 Å². The zero-order chi connectivity index (χ0) is 17.9. The number of nitrogens with one attached hydrogen (secondary N) is 1. The van der Waals surface area contributed by atoms with E-state index >= 15 is 0 Å². The molecule has 2 heterocycles. The van der Waals surface area contributed by atoms with Crippen LogP contribution in [0.1, 0.15) is 21.6 Å². The summed E-state index contributed by atoms with van der Waals surface area (Å²) in [4.78, 5) is 15.9. The van der Waals surface area contributed by atoms with E-state index in [9.17, 15) is 4.79 Å². The number of aromatic amines is 1. The Morgan fingerprint density at radius 2 is 1.77 bits per heavy atom. The number of hydrogen-bond donors (Lipinski definition) is 1. The molecule has 0 bridgehead atoms. The average molecular weight is 362 g/mol. The number of nitrogens with zero attached hydrogens (tertiary/aromatic N) is 1. The largest absolute Gasteiger partial charge is 0.358 e. The number of ketones is 1. The Hall–Kier alpha value is -2.91. The van der Waals surface area contributed by atoms with E-state index in [-0.39, 0.29) is 5.78 Å². The lowest BCUT2D eigenvalue weighted by Crippen LogP contribution is -2.37. The van der Waals surface area contributed by atoms with Crippen LogP contribution >= 0.6 is 11.6 Å². The van der Waals surface area contributed by atoms with Gasteiger partial charge in [-0.3, -0.25) is 4.79 Å². The average Bonchev–Trinajstić information content (AvgIpc) is 3.04. The standard InChI is InChI=1S/C22H17ClN2O/c23-19-8-6-17(7-9-19)22(26)15-25-11-10-21-18(14-25)13-20(24-21)12-16-4-2-1-3-5-16/h1-11,13-14H,12,15H2/p+1. The van der Waals surface area contributed by atoms with Crippen LogP contribution in [0.4, 0.5) is 0 Å². The summed E-state index contributed by atoms with van der Waals surface area (Å²) in [5.41, 5.74) is 4.17. The van der Waals surface area contributed by atoms with Gasteiger partial charge in [-0.15, -0.1) is 0 Å². The van der Waals surface area contributed by atoms with Gasteiger partial charge in [0.05, 0.1) is 10.9 Å². The zero-order valence-corrected chi connectivity index (χ0v) is 14.9. The number of carbonyl (C=O) groups is 1. The fraction of sp³-hybridized carbons (Fsp3) is 0.0909. The molecule has 0 atom stereocenters. The molecule has 0 aliphatic heterocycles. The van der Waals surface area contributed by atoms with Crippen LogP contribution in [0.15, 0.2) is 79.1 Å². The van der Waals surface area contributed by atoms with Crippen molar-refractivity contribution in [1.29, 1.82) is 0 Å². The van der Waals surface area contributed by atoms with E-state index in [1.54, 1.807) is 24.3 Å². The number of hydrogen-bond acceptors (Lipinski definition) is 1. The van der Waals surface area contributed by atoms with E-state index in [1.807, 2.05) is 41.2 Å². The number of aromatic nitrogens is 2. The number of rotatable bonds is 5. The predicted octanol–water partition coefficient (Wildman–Crippen LogP) is 4.58. The van der Waals surface area contributed by atoms with Crippen LogP contribution in [-0.4, -0.2) is 10.8 Å². The van der Waals surface area contributed by atoms with Crippen LogP contribution in [0.3, 0.4) is 0 Å². The SMILES string of the molecule is O=C(C[n+]1ccc2[nH]c(Cc3ccccc3)cc2c1)c1ccc(Cl)cc1. The van der Waals surface area contributed by atoms with Gasteiger partial charge in [-0.1, -0.05) is 41.9 Å². The maximum absolute atomic E-state index is 12.4. The molecule has 2 aromatic carbocycles. The van der Waals surface area contributed by atoms with Crippen molar-refractivity contribution >= 4 is 28.3 Å². The van der Waals surface area contributed by atoms with Gasteiger partial charge in [0, 0.05) is 28.8 Å². The molecule has 0 amide bonds. The monoisotopic (exact) mass is 361 g/mol. The maximum Gasteiger partial charge on any atom is 0.227 e. The molecule has 0 spiro atoms. The van der Waals surface area contributed by atoms with Crippen molar-refractivity contribution in [3.8, 4) is 0 Å². The highest BCUT2D eigenvalue weighted by molar-refractivity contribution is 6.30. The molecule has 128 valence electrons. The molecule has 4 rings (SSSR count). The third-order valence-corrected chi connectivity index (χ3v) is 4.66. The Labute approximate surface area is 156 Å². The van der Waals surface area contributed by atoms with Crippen molar-refractivity contribution in [1.82, 2.24) is 4.98 Å². The molecular formula is C22H18ClN2O+. The third kappa shape index (κ3) is 3.68. The minimum Gasteiger partial charge on any atom is -0.358 e. The molecule has 2 aromatic heterocycles. The quantitative estimate of drug-likeness (QED) is 0.410. The second-order valence-corrected chi connectivity index (χ2v) is 6.81. The van der Waals surface area contributed by atoms with E-state index in [1.165, 1.54) is 5.56 Å². The van der Waals surface area contributed by atoms with Gasteiger partial charge < -0.3 is 4.98 Å². The van der Waals surface area contributed by atoms with Crippen LogP contribution in [0.25, 0.3) is 10.9 Å². The molecule has 3 nitrogen and oxygen atoms in total.